The van der Waals surface area contributed by atoms with Crippen molar-refractivity contribution in [2.24, 2.45) is 0 Å². The van der Waals surface area contributed by atoms with Gasteiger partial charge in [0, 0.05) is 30.8 Å². The summed E-state index contributed by atoms with van der Waals surface area (Å²) < 4.78 is 5.34. The Morgan fingerprint density at radius 3 is 2.72 bits per heavy atom. The molecule has 29 heavy (non-hydrogen) atoms. The van der Waals surface area contributed by atoms with E-state index in [2.05, 4.69) is 40.4 Å². The largest absolute Gasteiger partial charge is 0.496 e. The third-order valence-electron chi connectivity index (χ3n) is 6.06. The highest BCUT2D eigenvalue weighted by Gasteiger charge is 2.26. The minimum atomic E-state index is -0.158. The van der Waals surface area contributed by atoms with Crippen LogP contribution in [-0.2, 0) is 6.42 Å². The van der Waals surface area contributed by atoms with Crippen molar-refractivity contribution in [3.63, 3.8) is 0 Å². The topological polar surface area (TPSA) is 44.8 Å². The summed E-state index contributed by atoms with van der Waals surface area (Å²) in [5, 5.41) is 3.65. The number of fused-ring (bicyclic) bond motifs is 1. The molecule has 2 aromatic rings. The van der Waals surface area contributed by atoms with Crippen molar-refractivity contribution in [3.8, 4) is 5.75 Å². The van der Waals surface area contributed by atoms with Crippen LogP contribution in [0.5, 0.6) is 5.75 Å². The number of halogens is 1. The Morgan fingerprint density at radius 1 is 1.17 bits per heavy atom. The Morgan fingerprint density at radius 2 is 1.97 bits per heavy atom. The molecule has 0 aliphatic carbocycles. The van der Waals surface area contributed by atoms with Crippen molar-refractivity contribution < 1.29 is 9.53 Å². The fraction of sp³-hybridized carbons (Fsp3) is 0.435. The molecule has 0 radical (unpaired) electrons. The lowest BCUT2D eigenvalue weighted by molar-refractivity contribution is 0.0935. The van der Waals surface area contributed by atoms with Crippen LogP contribution >= 0.6 is 11.6 Å². The van der Waals surface area contributed by atoms with E-state index in [0.717, 1.165) is 26.1 Å². The van der Waals surface area contributed by atoms with Crippen molar-refractivity contribution in [2.45, 2.75) is 25.3 Å². The SMILES string of the molecule is COc1ccc(Cl)cc1C(=O)NC[C@H](c1ccc2c(c1)CCN2C)N1CCCC1. The number of carbonyl (C=O) groups is 1. The summed E-state index contributed by atoms with van der Waals surface area (Å²) in [6.45, 7) is 3.76. The number of nitrogens with zero attached hydrogens (tertiary/aromatic N) is 2. The molecule has 0 aromatic heterocycles. The molecule has 1 fully saturated rings. The number of methoxy groups -OCH3 is 1. The van der Waals surface area contributed by atoms with Gasteiger partial charge in [0.2, 0.25) is 0 Å². The summed E-state index contributed by atoms with van der Waals surface area (Å²) in [6, 6.07) is 12.1. The number of likely N-dealkylation sites (tertiary alicyclic amines) is 1. The highest BCUT2D eigenvalue weighted by Crippen LogP contribution is 2.32. The average molecular weight is 414 g/mol. The van der Waals surface area contributed by atoms with Crippen LogP contribution < -0.4 is 15.0 Å². The first kappa shape index (κ1) is 20.0. The molecule has 2 aliphatic heterocycles. The summed E-state index contributed by atoms with van der Waals surface area (Å²) in [7, 11) is 3.71. The van der Waals surface area contributed by atoms with Crippen LogP contribution in [0.2, 0.25) is 5.02 Å². The maximum absolute atomic E-state index is 12.9. The molecule has 2 aromatic carbocycles. The predicted octanol–water partition coefficient (Wildman–Crippen LogP) is 3.91. The number of nitrogens with one attached hydrogen (secondary N) is 1. The van der Waals surface area contributed by atoms with Gasteiger partial charge in [-0.3, -0.25) is 9.69 Å². The minimum Gasteiger partial charge on any atom is -0.496 e. The molecule has 1 saturated heterocycles. The first-order chi connectivity index (χ1) is 14.1. The van der Waals surface area contributed by atoms with E-state index in [4.69, 9.17) is 16.3 Å². The number of amides is 1. The van der Waals surface area contributed by atoms with Gasteiger partial charge in [-0.1, -0.05) is 23.7 Å². The van der Waals surface area contributed by atoms with Crippen LogP contribution in [0.1, 0.15) is 40.4 Å². The Bertz CT molecular complexity index is 896. The molecular weight excluding hydrogens is 386 g/mol. The maximum atomic E-state index is 12.9. The number of carbonyl (C=O) groups excluding carboxylic acids is 1. The maximum Gasteiger partial charge on any atom is 0.255 e. The summed E-state index contributed by atoms with van der Waals surface area (Å²) in [5.74, 6) is 0.375. The number of likely N-dealkylation sites (N-methyl/N-ethyl adjacent to an activating group) is 1. The molecule has 0 unspecified atom stereocenters. The third kappa shape index (κ3) is 4.21. The highest BCUT2D eigenvalue weighted by molar-refractivity contribution is 6.31. The number of rotatable bonds is 6. The minimum absolute atomic E-state index is 0.158. The molecule has 1 atom stereocenters. The van der Waals surface area contributed by atoms with E-state index in [1.165, 1.54) is 29.7 Å². The van der Waals surface area contributed by atoms with Gasteiger partial charge < -0.3 is 15.0 Å². The normalized spacial score (nSPS) is 17.3. The fourth-order valence-electron chi connectivity index (χ4n) is 4.45. The lowest BCUT2D eigenvalue weighted by Crippen LogP contribution is -2.37. The van der Waals surface area contributed by atoms with Crippen molar-refractivity contribution in [1.82, 2.24) is 10.2 Å². The first-order valence-electron chi connectivity index (χ1n) is 10.3. The summed E-state index contributed by atoms with van der Waals surface area (Å²) >= 11 is 6.10. The molecule has 0 bridgehead atoms. The second-order valence-electron chi connectivity index (χ2n) is 7.87. The Labute approximate surface area is 177 Å². The third-order valence-corrected chi connectivity index (χ3v) is 6.29. The zero-order valence-electron chi connectivity index (χ0n) is 17.1. The monoisotopic (exact) mass is 413 g/mol. The van der Waals surface area contributed by atoms with Crippen LogP contribution in [0, 0.1) is 0 Å². The molecule has 4 rings (SSSR count). The smallest absolute Gasteiger partial charge is 0.255 e. The second-order valence-corrected chi connectivity index (χ2v) is 8.31. The zero-order chi connectivity index (χ0) is 20.4. The van der Waals surface area contributed by atoms with Crippen LogP contribution in [0.3, 0.4) is 0 Å². The summed E-state index contributed by atoms with van der Waals surface area (Å²) in [6.07, 6.45) is 3.50. The van der Waals surface area contributed by atoms with Crippen LogP contribution in [0.15, 0.2) is 36.4 Å². The van der Waals surface area contributed by atoms with Gasteiger partial charge in [-0.05, 0) is 67.7 Å². The summed E-state index contributed by atoms with van der Waals surface area (Å²) in [5.41, 5.74) is 4.47. The standard InChI is InChI=1S/C23H28ClN3O2/c1-26-12-9-17-13-16(5-7-20(17)26)21(27-10-3-4-11-27)15-25-23(28)19-14-18(24)6-8-22(19)29-2/h5-8,13-14,21H,3-4,9-12,15H2,1-2H3,(H,25,28)/t21-/m1/s1. The van der Waals surface area contributed by atoms with Gasteiger partial charge in [0.15, 0.2) is 0 Å². The number of benzene rings is 2. The predicted molar refractivity (Wildman–Crippen MR) is 117 cm³/mol. The van der Waals surface area contributed by atoms with Crippen molar-refractivity contribution in [3.05, 3.63) is 58.1 Å². The van der Waals surface area contributed by atoms with Gasteiger partial charge in [0.25, 0.3) is 5.91 Å². The Kier molecular flexibility index (Phi) is 5.97. The van der Waals surface area contributed by atoms with Gasteiger partial charge in [-0.15, -0.1) is 0 Å². The average Bonchev–Trinajstić information content (AvgIpc) is 3.38. The van der Waals surface area contributed by atoms with Crippen molar-refractivity contribution >= 4 is 23.2 Å². The van der Waals surface area contributed by atoms with Crippen LogP contribution in [0.4, 0.5) is 5.69 Å². The van der Waals surface area contributed by atoms with E-state index in [0.29, 0.717) is 22.9 Å². The molecule has 0 saturated carbocycles. The highest BCUT2D eigenvalue weighted by atomic mass is 35.5. The molecule has 0 spiro atoms. The number of ether oxygens (including phenoxy) is 1. The molecule has 1 N–H and O–H groups in total. The molecule has 154 valence electrons. The van der Waals surface area contributed by atoms with E-state index < -0.39 is 0 Å². The van der Waals surface area contributed by atoms with E-state index in [-0.39, 0.29) is 11.9 Å². The Hall–Kier alpha value is -2.24. The molecule has 5 nitrogen and oxygen atoms in total. The van der Waals surface area contributed by atoms with Gasteiger partial charge >= 0.3 is 0 Å². The van der Waals surface area contributed by atoms with Crippen LogP contribution in [0.25, 0.3) is 0 Å². The van der Waals surface area contributed by atoms with Gasteiger partial charge in [0.1, 0.15) is 5.75 Å². The number of hydrogen-bond acceptors (Lipinski definition) is 4. The summed E-state index contributed by atoms with van der Waals surface area (Å²) in [4.78, 5) is 17.7. The molecule has 2 heterocycles. The van der Waals surface area contributed by atoms with E-state index in [1.54, 1.807) is 25.3 Å². The quantitative estimate of drug-likeness (QED) is 0.779. The second kappa shape index (κ2) is 8.64. The molecular formula is C23H28ClN3O2. The number of hydrogen-bond donors (Lipinski definition) is 1. The van der Waals surface area contributed by atoms with Gasteiger partial charge in [-0.2, -0.15) is 0 Å². The molecule has 1 amide bonds. The van der Waals surface area contributed by atoms with Crippen molar-refractivity contribution in [2.75, 3.05) is 45.2 Å². The van der Waals surface area contributed by atoms with Gasteiger partial charge in [-0.25, -0.2) is 0 Å². The fourth-order valence-corrected chi connectivity index (χ4v) is 4.62. The van der Waals surface area contributed by atoms with Crippen LogP contribution in [-0.4, -0.2) is 51.1 Å². The molecule has 2 aliphatic rings. The van der Waals surface area contributed by atoms with E-state index >= 15 is 0 Å². The number of anilines is 1. The first-order valence-corrected chi connectivity index (χ1v) is 10.6. The van der Waals surface area contributed by atoms with Crippen molar-refractivity contribution in [1.29, 1.82) is 0 Å². The Balaban J connectivity index is 1.54. The lowest BCUT2D eigenvalue weighted by Gasteiger charge is -2.29. The van der Waals surface area contributed by atoms with Gasteiger partial charge in [0.05, 0.1) is 18.7 Å². The molecule has 6 heteroatoms. The van der Waals surface area contributed by atoms with E-state index in [1.807, 2.05) is 0 Å². The van der Waals surface area contributed by atoms with E-state index in [9.17, 15) is 4.79 Å². The zero-order valence-corrected chi connectivity index (χ0v) is 17.8. The lowest BCUT2D eigenvalue weighted by atomic mass is 10.0.